The number of aromatic nitrogens is 2. The van der Waals surface area contributed by atoms with Crippen LogP contribution < -0.4 is 10.1 Å². The first kappa shape index (κ1) is 25.2. The number of amides is 2. The summed E-state index contributed by atoms with van der Waals surface area (Å²) in [6.07, 6.45) is 3.34. The second-order valence-electron chi connectivity index (χ2n) is 9.60. The molecule has 1 saturated heterocycles. The third-order valence-corrected chi connectivity index (χ3v) is 6.58. The molecule has 2 N–H and O–H groups in total. The maximum absolute atomic E-state index is 13.3. The van der Waals surface area contributed by atoms with Crippen molar-refractivity contribution in [3.05, 3.63) is 46.3 Å². The Kier molecular flexibility index (Phi) is 7.56. The van der Waals surface area contributed by atoms with E-state index >= 15 is 0 Å². The molecule has 2 aromatic heterocycles. The van der Waals surface area contributed by atoms with Crippen molar-refractivity contribution < 1.29 is 24.3 Å². The van der Waals surface area contributed by atoms with E-state index in [1.165, 1.54) is 0 Å². The Hall–Kier alpha value is -3.89. The van der Waals surface area contributed by atoms with Crippen molar-refractivity contribution in [2.45, 2.75) is 39.2 Å². The fourth-order valence-corrected chi connectivity index (χ4v) is 4.67. The highest BCUT2D eigenvalue weighted by Gasteiger charge is 2.30. The summed E-state index contributed by atoms with van der Waals surface area (Å²) in [6.45, 7) is 4.97. The number of hydrogen-bond donors (Lipinski definition) is 2. The van der Waals surface area contributed by atoms with Crippen LogP contribution in [-0.2, 0) is 9.63 Å². The first-order valence-electron chi connectivity index (χ1n) is 12.1. The molecule has 192 valence electrons. The number of likely N-dealkylation sites (tertiary alicyclic amines) is 1. The van der Waals surface area contributed by atoms with Crippen molar-refractivity contribution in [2.75, 3.05) is 26.8 Å². The standard InChI is InChI=1S/C25H31N5O6/c1-15(2)10-22(25(32)29-8-6-16(7-9-29)14-36-30(33)34)28-24(31)21-12-19-18-5-4-17(35-3)11-20(18)27-23(19)13-26-21/h4-5,11-13,15-16,22,27H,6-10,14H2,1-3H3,(H,28,31)/t22-/m0/s1. The molecule has 1 fully saturated rings. The number of carbonyl (C=O) groups is 2. The number of carbonyl (C=O) groups excluding carboxylic acids is 2. The minimum atomic E-state index is -0.787. The molecule has 36 heavy (non-hydrogen) atoms. The average molecular weight is 498 g/mol. The Morgan fingerprint density at radius 1 is 1.22 bits per heavy atom. The van der Waals surface area contributed by atoms with Gasteiger partial charge in [0, 0.05) is 29.9 Å². The third kappa shape index (κ3) is 5.67. The molecule has 4 rings (SSSR count). The number of benzene rings is 1. The first-order valence-corrected chi connectivity index (χ1v) is 12.1. The Morgan fingerprint density at radius 2 is 1.97 bits per heavy atom. The zero-order chi connectivity index (χ0) is 25.8. The highest BCUT2D eigenvalue weighted by molar-refractivity contribution is 6.09. The topological polar surface area (TPSA) is 140 Å². The van der Waals surface area contributed by atoms with Crippen LogP contribution in [-0.4, -0.2) is 64.6 Å². The Balaban J connectivity index is 1.47. The lowest BCUT2D eigenvalue weighted by Gasteiger charge is -2.34. The van der Waals surface area contributed by atoms with Crippen LogP contribution >= 0.6 is 0 Å². The van der Waals surface area contributed by atoms with Gasteiger partial charge in [-0.1, -0.05) is 13.8 Å². The molecule has 2 amide bonds. The van der Waals surface area contributed by atoms with E-state index in [1.807, 2.05) is 32.0 Å². The van der Waals surface area contributed by atoms with Gasteiger partial charge in [0.05, 0.1) is 30.9 Å². The van der Waals surface area contributed by atoms with E-state index in [2.05, 4.69) is 20.1 Å². The smallest absolute Gasteiger partial charge is 0.294 e. The zero-order valence-electron chi connectivity index (χ0n) is 20.7. The molecule has 0 saturated carbocycles. The molecule has 0 aliphatic carbocycles. The molecule has 3 aromatic rings. The van der Waals surface area contributed by atoms with Crippen molar-refractivity contribution in [1.29, 1.82) is 0 Å². The zero-order valence-corrected chi connectivity index (χ0v) is 20.7. The molecule has 1 atom stereocenters. The maximum Gasteiger partial charge on any atom is 0.294 e. The number of fused-ring (bicyclic) bond motifs is 3. The fraction of sp³-hybridized carbons (Fsp3) is 0.480. The van der Waals surface area contributed by atoms with Crippen molar-refractivity contribution in [3.63, 3.8) is 0 Å². The van der Waals surface area contributed by atoms with Gasteiger partial charge >= 0.3 is 0 Å². The quantitative estimate of drug-likeness (QED) is 0.341. The Bertz CT molecular complexity index is 1260. The van der Waals surface area contributed by atoms with Crippen LogP contribution in [0.5, 0.6) is 5.75 Å². The monoisotopic (exact) mass is 497 g/mol. The highest BCUT2D eigenvalue weighted by atomic mass is 16.9. The minimum Gasteiger partial charge on any atom is -0.497 e. The van der Waals surface area contributed by atoms with E-state index < -0.39 is 17.0 Å². The van der Waals surface area contributed by atoms with Crippen LogP contribution in [0.1, 0.15) is 43.6 Å². The minimum absolute atomic E-state index is 0.0321. The summed E-state index contributed by atoms with van der Waals surface area (Å²) in [7, 11) is 1.61. The maximum atomic E-state index is 13.3. The molecular weight excluding hydrogens is 466 g/mol. The number of ether oxygens (including phenoxy) is 1. The normalized spacial score (nSPS) is 15.3. The van der Waals surface area contributed by atoms with E-state index in [0.29, 0.717) is 32.4 Å². The van der Waals surface area contributed by atoms with Gasteiger partial charge in [-0.25, -0.2) is 4.98 Å². The average Bonchev–Trinajstić information content (AvgIpc) is 3.23. The predicted octanol–water partition coefficient (Wildman–Crippen LogP) is 3.32. The second-order valence-corrected chi connectivity index (χ2v) is 9.60. The van der Waals surface area contributed by atoms with Gasteiger partial charge in [0.15, 0.2) is 0 Å². The fourth-order valence-electron chi connectivity index (χ4n) is 4.67. The Morgan fingerprint density at radius 3 is 2.64 bits per heavy atom. The van der Waals surface area contributed by atoms with Gasteiger partial charge < -0.3 is 24.8 Å². The lowest BCUT2D eigenvalue weighted by molar-refractivity contribution is -0.759. The van der Waals surface area contributed by atoms with Crippen molar-refractivity contribution >= 4 is 33.6 Å². The molecule has 1 aromatic carbocycles. The molecule has 11 nitrogen and oxygen atoms in total. The molecule has 11 heteroatoms. The molecule has 0 bridgehead atoms. The van der Waals surface area contributed by atoms with Crippen molar-refractivity contribution in [3.8, 4) is 5.75 Å². The summed E-state index contributed by atoms with van der Waals surface area (Å²) in [6, 6.07) is 6.72. The Labute approximate surface area is 208 Å². The number of piperidine rings is 1. The van der Waals surface area contributed by atoms with Gasteiger partial charge in [-0.3, -0.25) is 9.59 Å². The van der Waals surface area contributed by atoms with E-state index in [1.54, 1.807) is 24.3 Å². The molecule has 3 heterocycles. The summed E-state index contributed by atoms with van der Waals surface area (Å²) in [5, 5.41) is 14.4. The van der Waals surface area contributed by atoms with Crippen LogP contribution in [0, 0.1) is 22.0 Å². The van der Waals surface area contributed by atoms with Crippen molar-refractivity contribution in [2.24, 2.45) is 11.8 Å². The number of methoxy groups -OCH3 is 1. The third-order valence-electron chi connectivity index (χ3n) is 6.58. The largest absolute Gasteiger partial charge is 0.497 e. The number of aromatic amines is 1. The lowest BCUT2D eigenvalue weighted by Crippen LogP contribution is -2.51. The second kappa shape index (κ2) is 10.8. The number of nitrogens with one attached hydrogen (secondary N) is 2. The summed E-state index contributed by atoms with van der Waals surface area (Å²) in [5.74, 6) is 0.386. The highest BCUT2D eigenvalue weighted by Crippen LogP contribution is 2.28. The molecule has 1 aliphatic heterocycles. The van der Waals surface area contributed by atoms with E-state index in [0.717, 1.165) is 27.6 Å². The van der Waals surface area contributed by atoms with Gasteiger partial charge in [-0.15, -0.1) is 10.1 Å². The van der Waals surface area contributed by atoms with Crippen LogP contribution in [0.4, 0.5) is 0 Å². The van der Waals surface area contributed by atoms with Crippen LogP contribution in [0.25, 0.3) is 21.8 Å². The van der Waals surface area contributed by atoms with Crippen LogP contribution in [0.15, 0.2) is 30.5 Å². The number of hydrogen-bond acceptors (Lipinski definition) is 7. The first-order chi connectivity index (χ1) is 17.2. The SMILES string of the molecule is COc1ccc2c(c1)[nH]c1cnc(C(=O)N[C@@H](CC(C)C)C(=O)N3CCC(CO[N+](=O)[O-])CC3)cc12. The number of H-pyrrole nitrogens is 1. The van der Waals surface area contributed by atoms with Crippen LogP contribution in [0.2, 0.25) is 0 Å². The van der Waals surface area contributed by atoms with E-state index in [9.17, 15) is 19.7 Å². The van der Waals surface area contributed by atoms with Gasteiger partial charge in [-0.05, 0) is 49.3 Å². The van der Waals surface area contributed by atoms with Gasteiger partial charge in [0.25, 0.3) is 11.0 Å². The van der Waals surface area contributed by atoms with Gasteiger partial charge in [-0.2, -0.15) is 0 Å². The van der Waals surface area contributed by atoms with Crippen LogP contribution in [0.3, 0.4) is 0 Å². The van der Waals surface area contributed by atoms with Gasteiger partial charge in [0.1, 0.15) is 17.5 Å². The molecule has 0 spiro atoms. The van der Waals surface area contributed by atoms with Gasteiger partial charge in [0.2, 0.25) is 5.91 Å². The van der Waals surface area contributed by atoms with Crippen molar-refractivity contribution in [1.82, 2.24) is 20.2 Å². The lowest BCUT2D eigenvalue weighted by atomic mass is 9.96. The van der Waals surface area contributed by atoms with E-state index in [-0.39, 0.29) is 30.0 Å². The van der Waals surface area contributed by atoms with E-state index in [4.69, 9.17) is 4.74 Å². The molecule has 1 aliphatic rings. The number of rotatable bonds is 9. The molecule has 0 unspecified atom stereocenters. The number of nitrogens with zero attached hydrogens (tertiary/aromatic N) is 3. The summed E-state index contributed by atoms with van der Waals surface area (Å²) in [5.41, 5.74) is 1.91. The number of pyridine rings is 1. The molecule has 0 radical (unpaired) electrons. The molecular formula is C25H31N5O6. The predicted molar refractivity (Wildman–Crippen MR) is 133 cm³/mol. The summed E-state index contributed by atoms with van der Waals surface area (Å²) in [4.78, 5) is 50.7. The summed E-state index contributed by atoms with van der Waals surface area (Å²) < 4.78 is 5.29. The summed E-state index contributed by atoms with van der Waals surface area (Å²) >= 11 is 0.